The summed E-state index contributed by atoms with van der Waals surface area (Å²) >= 11 is 0. The van der Waals surface area contributed by atoms with E-state index < -0.39 is 10.9 Å². The SMILES string of the molecule is O=C(O)c1cnn(-c2cccc([N+](=O)[O-])c2)c1-c1ccccc1. The van der Waals surface area contributed by atoms with Crippen LogP contribution in [-0.2, 0) is 0 Å². The summed E-state index contributed by atoms with van der Waals surface area (Å²) in [7, 11) is 0. The molecule has 3 rings (SSSR count). The van der Waals surface area contributed by atoms with Crippen molar-refractivity contribution < 1.29 is 14.8 Å². The van der Waals surface area contributed by atoms with Crippen molar-refractivity contribution in [3.8, 4) is 16.9 Å². The van der Waals surface area contributed by atoms with Crippen molar-refractivity contribution in [3.05, 3.63) is 76.5 Å². The summed E-state index contributed by atoms with van der Waals surface area (Å²) < 4.78 is 1.39. The monoisotopic (exact) mass is 309 g/mol. The van der Waals surface area contributed by atoms with Crippen LogP contribution in [0.25, 0.3) is 16.9 Å². The minimum atomic E-state index is -1.11. The van der Waals surface area contributed by atoms with Crippen LogP contribution in [0.2, 0.25) is 0 Å². The maximum atomic E-state index is 11.5. The van der Waals surface area contributed by atoms with Gasteiger partial charge >= 0.3 is 5.97 Å². The van der Waals surface area contributed by atoms with Gasteiger partial charge in [0.2, 0.25) is 0 Å². The van der Waals surface area contributed by atoms with Crippen LogP contribution in [-0.4, -0.2) is 25.8 Å². The Morgan fingerprint density at radius 3 is 2.52 bits per heavy atom. The summed E-state index contributed by atoms with van der Waals surface area (Å²) in [6, 6.07) is 14.8. The van der Waals surface area contributed by atoms with Gasteiger partial charge in [-0.3, -0.25) is 10.1 Å². The second-order valence-corrected chi connectivity index (χ2v) is 4.77. The molecule has 7 nitrogen and oxygen atoms in total. The lowest BCUT2D eigenvalue weighted by Gasteiger charge is -2.08. The van der Waals surface area contributed by atoms with Gasteiger partial charge in [-0.15, -0.1) is 0 Å². The van der Waals surface area contributed by atoms with E-state index in [9.17, 15) is 20.0 Å². The van der Waals surface area contributed by atoms with E-state index in [0.717, 1.165) is 0 Å². The molecule has 0 bridgehead atoms. The van der Waals surface area contributed by atoms with Crippen LogP contribution in [0.5, 0.6) is 0 Å². The number of carboxylic acids is 1. The van der Waals surface area contributed by atoms with E-state index in [-0.39, 0.29) is 11.3 Å². The number of non-ortho nitro benzene ring substituents is 1. The summed E-state index contributed by atoms with van der Waals surface area (Å²) in [5.74, 6) is -1.11. The van der Waals surface area contributed by atoms with Crippen LogP contribution in [0.4, 0.5) is 5.69 Å². The highest BCUT2D eigenvalue weighted by molar-refractivity contribution is 5.95. The van der Waals surface area contributed by atoms with Gasteiger partial charge in [-0.05, 0) is 6.07 Å². The van der Waals surface area contributed by atoms with Gasteiger partial charge in [-0.2, -0.15) is 5.10 Å². The first-order chi connectivity index (χ1) is 11.1. The zero-order valence-corrected chi connectivity index (χ0v) is 11.8. The van der Waals surface area contributed by atoms with Gasteiger partial charge in [-0.25, -0.2) is 9.48 Å². The van der Waals surface area contributed by atoms with Crippen molar-refractivity contribution >= 4 is 11.7 Å². The van der Waals surface area contributed by atoms with Gasteiger partial charge in [0.1, 0.15) is 5.56 Å². The van der Waals surface area contributed by atoms with Gasteiger partial charge in [-0.1, -0.05) is 36.4 Å². The molecular formula is C16H11N3O4. The van der Waals surface area contributed by atoms with E-state index in [4.69, 9.17) is 0 Å². The molecule has 0 spiro atoms. The Morgan fingerprint density at radius 1 is 1.13 bits per heavy atom. The molecule has 0 atom stereocenters. The smallest absolute Gasteiger partial charge is 0.339 e. The van der Waals surface area contributed by atoms with Crippen LogP contribution in [0.1, 0.15) is 10.4 Å². The molecule has 0 unspecified atom stereocenters. The molecule has 0 radical (unpaired) electrons. The molecule has 1 aromatic heterocycles. The Bertz CT molecular complexity index is 887. The molecule has 1 heterocycles. The Hall–Kier alpha value is -3.48. The summed E-state index contributed by atoms with van der Waals surface area (Å²) in [5, 5.41) is 24.4. The van der Waals surface area contributed by atoms with Crippen LogP contribution in [0, 0.1) is 10.1 Å². The fourth-order valence-corrected chi connectivity index (χ4v) is 2.31. The van der Waals surface area contributed by atoms with Crippen LogP contribution in [0.3, 0.4) is 0 Å². The topological polar surface area (TPSA) is 98.3 Å². The van der Waals surface area contributed by atoms with Crippen molar-refractivity contribution in [1.29, 1.82) is 0 Å². The van der Waals surface area contributed by atoms with Crippen LogP contribution in [0.15, 0.2) is 60.8 Å². The summed E-state index contributed by atoms with van der Waals surface area (Å²) in [5.41, 5.74) is 1.40. The van der Waals surface area contributed by atoms with E-state index >= 15 is 0 Å². The van der Waals surface area contributed by atoms with Crippen LogP contribution >= 0.6 is 0 Å². The van der Waals surface area contributed by atoms with Crippen molar-refractivity contribution in [2.24, 2.45) is 0 Å². The number of carboxylic acid groups (broad SMARTS) is 1. The van der Waals surface area contributed by atoms with Gasteiger partial charge in [0.15, 0.2) is 0 Å². The fraction of sp³-hybridized carbons (Fsp3) is 0. The highest BCUT2D eigenvalue weighted by atomic mass is 16.6. The van der Waals surface area contributed by atoms with E-state index in [0.29, 0.717) is 16.9 Å². The number of hydrogen-bond donors (Lipinski definition) is 1. The highest BCUT2D eigenvalue weighted by Crippen LogP contribution is 2.27. The third-order valence-electron chi connectivity index (χ3n) is 3.33. The summed E-state index contributed by atoms with van der Waals surface area (Å²) in [4.78, 5) is 21.9. The number of hydrogen-bond acceptors (Lipinski definition) is 4. The molecular weight excluding hydrogens is 298 g/mol. The second kappa shape index (κ2) is 5.72. The normalized spacial score (nSPS) is 10.4. The third kappa shape index (κ3) is 2.67. The Labute approximate surface area is 130 Å². The summed E-state index contributed by atoms with van der Waals surface area (Å²) in [6.07, 6.45) is 1.24. The highest BCUT2D eigenvalue weighted by Gasteiger charge is 2.20. The standard InChI is InChI=1S/C16H11N3O4/c20-16(21)14-10-17-18(15(14)11-5-2-1-3-6-11)12-7-4-8-13(9-12)19(22)23/h1-10H,(H,20,21). The Kier molecular flexibility index (Phi) is 3.60. The molecule has 3 aromatic rings. The van der Waals surface area contributed by atoms with Crippen molar-refractivity contribution in [3.63, 3.8) is 0 Å². The molecule has 0 saturated heterocycles. The van der Waals surface area contributed by atoms with Gasteiger partial charge < -0.3 is 5.11 Å². The van der Waals surface area contributed by atoms with E-state index in [2.05, 4.69) is 5.10 Å². The molecule has 0 amide bonds. The molecule has 23 heavy (non-hydrogen) atoms. The number of aromatic nitrogens is 2. The van der Waals surface area contributed by atoms with Gasteiger partial charge in [0, 0.05) is 17.7 Å². The molecule has 0 aliphatic heterocycles. The molecule has 0 aliphatic rings. The molecule has 1 N–H and O–H groups in total. The average molecular weight is 309 g/mol. The quantitative estimate of drug-likeness (QED) is 0.589. The first kappa shape index (κ1) is 14.5. The van der Waals surface area contributed by atoms with Gasteiger partial charge in [0.05, 0.1) is 22.5 Å². The maximum absolute atomic E-state index is 11.5. The lowest BCUT2D eigenvalue weighted by Crippen LogP contribution is -2.03. The summed E-state index contributed by atoms with van der Waals surface area (Å²) in [6.45, 7) is 0. The minimum Gasteiger partial charge on any atom is -0.478 e. The van der Waals surface area contributed by atoms with Crippen molar-refractivity contribution in [2.75, 3.05) is 0 Å². The lowest BCUT2D eigenvalue weighted by atomic mass is 10.1. The number of nitrogens with zero attached hydrogens (tertiary/aromatic N) is 3. The minimum absolute atomic E-state index is 0.0303. The van der Waals surface area contributed by atoms with Crippen molar-refractivity contribution in [2.45, 2.75) is 0 Å². The number of nitro groups is 1. The number of benzene rings is 2. The number of nitro benzene ring substituents is 1. The second-order valence-electron chi connectivity index (χ2n) is 4.77. The van der Waals surface area contributed by atoms with Gasteiger partial charge in [0.25, 0.3) is 5.69 Å². The zero-order chi connectivity index (χ0) is 16.4. The molecule has 2 aromatic carbocycles. The number of carbonyl (C=O) groups is 1. The predicted octanol–water partition coefficient (Wildman–Crippen LogP) is 3.15. The first-order valence-corrected chi connectivity index (χ1v) is 6.69. The molecule has 7 heteroatoms. The zero-order valence-electron chi connectivity index (χ0n) is 11.8. The third-order valence-corrected chi connectivity index (χ3v) is 3.33. The molecule has 0 aliphatic carbocycles. The largest absolute Gasteiger partial charge is 0.478 e. The van der Waals surface area contributed by atoms with Crippen molar-refractivity contribution in [1.82, 2.24) is 9.78 Å². The molecule has 0 saturated carbocycles. The Balaban J connectivity index is 2.23. The van der Waals surface area contributed by atoms with E-state index in [1.54, 1.807) is 30.3 Å². The first-order valence-electron chi connectivity index (χ1n) is 6.69. The van der Waals surface area contributed by atoms with E-state index in [1.165, 1.54) is 29.1 Å². The fourth-order valence-electron chi connectivity index (χ4n) is 2.31. The molecule has 114 valence electrons. The predicted molar refractivity (Wildman–Crippen MR) is 82.6 cm³/mol. The molecule has 0 fully saturated rings. The maximum Gasteiger partial charge on any atom is 0.339 e. The number of aromatic carboxylic acids is 1. The lowest BCUT2D eigenvalue weighted by molar-refractivity contribution is -0.384. The van der Waals surface area contributed by atoms with E-state index in [1.807, 2.05) is 6.07 Å². The Morgan fingerprint density at radius 2 is 1.87 bits per heavy atom. The number of rotatable bonds is 4. The van der Waals surface area contributed by atoms with Crippen LogP contribution < -0.4 is 0 Å². The average Bonchev–Trinajstić information content (AvgIpc) is 3.01.